The van der Waals surface area contributed by atoms with Crippen LogP contribution in [0.4, 0.5) is 0 Å². The lowest BCUT2D eigenvalue weighted by Gasteiger charge is -2.13. The Labute approximate surface area is 114 Å². The highest BCUT2D eigenvalue weighted by molar-refractivity contribution is 7.98. The van der Waals surface area contributed by atoms with Crippen molar-refractivity contribution in [3.8, 4) is 11.5 Å². The first kappa shape index (κ1) is 15.2. The van der Waals surface area contributed by atoms with E-state index in [1.807, 2.05) is 36.0 Å². The lowest BCUT2D eigenvalue weighted by molar-refractivity contribution is 0.290. The van der Waals surface area contributed by atoms with Gasteiger partial charge < -0.3 is 14.8 Å². The largest absolute Gasteiger partial charge is 0.493 e. The maximum Gasteiger partial charge on any atom is 0.161 e. The predicted octanol–water partition coefficient (Wildman–Crippen LogP) is 2.66. The van der Waals surface area contributed by atoms with E-state index < -0.39 is 0 Å². The fourth-order valence-corrected chi connectivity index (χ4v) is 2.35. The molecule has 0 aromatic heterocycles. The molecule has 0 heterocycles. The highest BCUT2D eigenvalue weighted by Gasteiger charge is 2.02. The van der Waals surface area contributed by atoms with E-state index in [2.05, 4.69) is 18.5 Å². The van der Waals surface area contributed by atoms with Gasteiger partial charge in [0, 0.05) is 6.54 Å². The van der Waals surface area contributed by atoms with Crippen molar-refractivity contribution in [2.24, 2.45) is 5.92 Å². The van der Waals surface area contributed by atoms with Crippen molar-refractivity contribution < 1.29 is 9.47 Å². The zero-order chi connectivity index (χ0) is 13.2. The summed E-state index contributed by atoms with van der Waals surface area (Å²) in [6.45, 7) is 4.81. The molecular formula is C14H23NO2S. The molecule has 0 amide bonds. The molecule has 1 atom stereocenters. The third kappa shape index (κ3) is 5.65. The topological polar surface area (TPSA) is 30.5 Å². The Morgan fingerprint density at radius 2 is 2.00 bits per heavy atom. The minimum Gasteiger partial charge on any atom is -0.493 e. The summed E-state index contributed by atoms with van der Waals surface area (Å²) in [5.41, 5.74) is 0. The summed E-state index contributed by atoms with van der Waals surface area (Å²) < 4.78 is 10.9. The third-order valence-corrected chi connectivity index (χ3v) is 3.45. The smallest absolute Gasteiger partial charge is 0.161 e. The molecule has 1 aromatic rings. The van der Waals surface area contributed by atoms with Crippen LogP contribution in [0.3, 0.4) is 0 Å². The first-order chi connectivity index (χ1) is 8.77. The third-order valence-electron chi connectivity index (χ3n) is 2.55. The fourth-order valence-electron chi connectivity index (χ4n) is 1.66. The molecule has 0 saturated heterocycles. The van der Waals surface area contributed by atoms with Crippen LogP contribution >= 0.6 is 11.8 Å². The highest BCUT2D eigenvalue weighted by Crippen LogP contribution is 2.25. The molecule has 3 nitrogen and oxygen atoms in total. The van der Waals surface area contributed by atoms with Crippen LogP contribution in [0.25, 0.3) is 0 Å². The summed E-state index contributed by atoms with van der Waals surface area (Å²) in [6, 6.07) is 7.72. The van der Waals surface area contributed by atoms with Gasteiger partial charge in [-0.3, -0.25) is 0 Å². The molecule has 0 aliphatic rings. The Kier molecular flexibility index (Phi) is 7.69. The van der Waals surface area contributed by atoms with E-state index in [-0.39, 0.29) is 0 Å². The summed E-state index contributed by atoms with van der Waals surface area (Å²) in [5.74, 6) is 3.49. The monoisotopic (exact) mass is 269 g/mol. The van der Waals surface area contributed by atoms with Crippen molar-refractivity contribution in [2.45, 2.75) is 6.92 Å². The molecule has 1 aromatic carbocycles. The maximum absolute atomic E-state index is 5.68. The number of benzene rings is 1. The molecule has 18 heavy (non-hydrogen) atoms. The lowest BCUT2D eigenvalue weighted by Crippen LogP contribution is -2.26. The molecular weight excluding hydrogens is 246 g/mol. The SMILES string of the molecule is COc1ccccc1OCCNCC(C)CSC. The molecule has 1 N–H and O–H groups in total. The Hall–Kier alpha value is -0.870. The van der Waals surface area contributed by atoms with E-state index in [0.717, 1.165) is 24.6 Å². The molecule has 0 radical (unpaired) electrons. The van der Waals surface area contributed by atoms with Gasteiger partial charge in [0.2, 0.25) is 0 Å². The van der Waals surface area contributed by atoms with Gasteiger partial charge in [0.05, 0.1) is 7.11 Å². The minimum atomic E-state index is 0.659. The number of ether oxygens (including phenoxy) is 2. The first-order valence-corrected chi connectivity index (χ1v) is 7.62. The van der Waals surface area contributed by atoms with Crippen LogP contribution in [0.1, 0.15) is 6.92 Å². The van der Waals surface area contributed by atoms with Crippen molar-refractivity contribution in [2.75, 3.05) is 38.8 Å². The molecule has 0 spiro atoms. The van der Waals surface area contributed by atoms with Crippen molar-refractivity contribution in [3.05, 3.63) is 24.3 Å². The quantitative estimate of drug-likeness (QED) is 0.698. The normalized spacial score (nSPS) is 12.2. The second kappa shape index (κ2) is 9.11. The molecule has 0 saturated carbocycles. The minimum absolute atomic E-state index is 0.659. The lowest BCUT2D eigenvalue weighted by atomic mass is 10.2. The predicted molar refractivity (Wildman–Crippen MR) is 78.9 cm³/mol. The molecule has 102 valence electrons. The fraction of sp³-hybridized carbons (Fsp3) is 0.571. The average molecular weight is 269 g/mol. The van der Waals surface area contributed by atoms with Crippen molar-refractivity contribution >= 4 is 11.8 Å². The number of thioether (sulfide) groups is 1. The molecule has 1 unspecified atom stereocenters. The van der Waals surface area contributed by atoms with Crippen molar-refractivity contribution in [1.29, 1.82) is 0 Å². The van der Waals surface area contributed by atoms with E-state index in [4.69, 9.17) is 9.47 Å². The Morgan fingerprint density at radius 1 is 1.28 bits per heavy atom. The van der Waals surface area contributed by atoms with E-state index in [9.17, 15) is 0 Å². The van der Waals surface area contributed by atoms with Crippen LogP contribution in [0, 0.1) is 5.92 Å². The van der Waals surface area contributed by atoms with E-state index in [1.54, 1.807) is 7.11 Å². The van der Waals surface area contributed by atoms with Gasteiger partial charge in [-0.1, -0.05) is 19.1 Å². The van der Waals surface area contributed by atoms with Gasteiger partial charge in [0.15, 0.2) is 11.5 Å². The van der Waals surface area contributed by atoms with Crippen LogP contribution in [0.5, 0.6) is 11.5 Å². The Morgan fingerprint density at radius 3 is 2.67 bits per heavy atom. The van der Waals surface area contributed by atoms with Crippen LogP contribution in [-0.2, 0) is 0 Å². The van der Waals surface area contributed by atoms with E-state index in [1.165, 1.54) is 5.75 Å². The zero-order valence-corrected chi connectivity index (χ0v) is 12.3. The van der Waals surface area contributed by atoms with Gasteiger partial charge in [-0.2, -0.15) is 11.8 Å². The molecule has 0 aliphatic carbocycles. The van der Waals surface area contributed by atoms with Crippen LogP contribution < -0.4 is 14.8 Å². The standard InChI is InChI=1S/C14H23NO2S/c1-12(11-18-3)10-15-8-9-17-14-7-5-4-6-13(14)16-2/h4-7,12,15H,8-11H2,1-3H3. The molecule has 0 aliphatic heterocycles. The Bertz CT molecular complexity index is 333. The van der Waals surface area contributed by atoms with Crippen LogP contribution in [0.15, 0.2) is 24.3 Å². The number of nitrogens with one attached hydrogen (secondary N) is 1. The molecule has 0 bridgehead atoms. The van der Waals surface area contributed by atoms with Crippen LogP contribution in [-0.4, -0.2) is 38.8 Å². The van der Waals surface area contributed by atoms with E-state index >= 15 is 0 Å². The number of para-hydroxylation sites is 2. The first-order valence-electron chi connectivity index (χ1n) is 6.23. The van der Waals surface area contributed by atoms with Crippen LogP contribution in [0.2, 0.25) is 0 Å². The van der Waals surface area contributed by atoms with Gasteiger partial charge in [-0.25, -0.2) is 0 Å². The molecule has 0 fully saturated rings. The van der Waals surface area contributed by atoms with Crippen molar-refractivity contribution in [3.63, 3.8) is 0 Å². The summed E-state index contributed by atoms with van der Waals surface area (Å²) in [4.78, 5) is 0. The number of hydrogen-bond donors (Lipinski definition) is 1. The van der Waals surface area contributed by atoms with Gasteiger partial charge in [0.1, 0.15) is 6.61 Å². The van der Waals surface area contributed by atoms with E-state index in [0.29, 0.717) is 12.5 Å². The number of hydrogen-bond acceptors (Lipinski definition) is 4. The maximum atomic E-state index is 5.68. The highest BCUT2D eigenvalue weighted by atomic mass is 32.2. The zero-order valence-electron chi connectivity index (χ0n) is 11.4. The molecule has 1 rings (SSSR count). The second-order valence-corrected chi connectivity index (χ2v) is 5.17. The molecule has 4 heteroatoms. The summed E-state index contributed by atoms with van der Waals surface area (Å²) in [5, 5.41) is 3.40. The summed E-state index contributed by atoms with van der Waals surface area (Å²) >= 11 is 1.89. The summed E-state index contributed by atoms with van der Waals surface area (Å²) in [6.07, 6.45) is 2.14. The van der Waals surface area contributed by atoms with Gasteiger partial charge in [-0.05, 0) is 36.6 Å². The van der Waals surface area contributed by atoms with Gasteiger partial charge >= 0.3 is 0 Å². The number of rotatable bonds is 9. The summed E-state index contributed by atoms with van der Waals surface area (Å²) in [7, 11) is 1.66. The van der Waals surface area contributed by atoms with Crippen molar-refractivity contribution in [1.82, 2.24) is 5.32 Å². The Balaban J connectivity index is 2.17. The average Bonchev–Trinajstić information content (AvgIpc) is 2.39. The van der Waals surface area contributed by atoms with Gasteiger partial charge in [0.25, 0.3) is 0 Å². The second-order valence-electron chi connectivity index (χ2n) is 4.26. The number of methoxy groups -OCH3 is 1. The van der Waals surface area contributed by atoms with Gasteiger partial charge in [-0.15, -0.1) is 0 Å².